The van der Waals surface area contributed by atoms with Crippen LogP contribution in [0.5, 0.6) is 0 Å². The number of alkyl halides is 3. The summed E-state index contributed by atoms with van der Waals surface area (Å²) in [6, 6.07) is 5.28. The van der Waals surface area contributed by atoms with Crippen molar-refractivity contribution in [3.8, 4) is 0 Å². The first-order valence-electron chi connectivity index (χ1n) is 6.07. The number of carboxylic acid groups (broad SMARTS) is 1. The van der Waals surface area contributed by atoms with Crippen LogP contribution in [0.15, 0.2) is 29.2 Å². The van der Waals surface area contributed by atoms with Gasteiger partial charge in [0.05, 0.1) is 6.42 Å². The van der Waals surface area contributed by atoms with Crippen molar-refractivity contribution in [2.75, 3.05) is 13.2 Å². The highest BCUT2D eigenvalue weighted by Gasteiger charge is 2.28. The summed E-state index contributed by atoms with van der Waals surface area (Å²) >= 11 is 6.58. The molecule has 0 aliphatic heterocycles. The lowest BCUT2D eigenvalue weighted by atomic mass is 10.2. The molecule has 0 aliphatic carbocycles. The molecule has 0 saturated carbocycles. The number of ether oxygens (including phenoxy) is 1. The zero-order valence-electron chi connectivity index (χ0n) is 11.9. The molecule has 0 unspecified atom stereocenters. The molecule has 0 aliphatic rings. The van der Waals surface area contributed by atoms with Crippen molar-refractivity contribution in [3.63, 3.8) is 0 Å². The highest BCUT2D eigenvalue weighted by Crippen LogP contribution is 2.36. The molecule has 1 aromatic rings. The van der Waals surface area contributed by atoms with Crippen LogP contribution in [0.3, 0.4) is 0 Å². The average Bonchev–Trinajstić information content (AvgIpc) is 2.38. The topological polar surface area (TPSA) is 80.7 Å². The summed E-state index contributed by atoms with van der Waals surface area (Å²) in [6.45, 7) is -0.287. The maximum atomic E-state index is 11.9. The number of benzene rings is 1. The minimum atomic E-state index is -4.31. The van der Waals surface area contributed by atoms with Crippen LogP contribution in [0.4, 0.5) is 13.2 Å². The Kier molecular flexibility index (Phi) is 10.8. The Hall–Kier alpha value is -1.17. The molecule has 0 saturated heterocycles. The fraction of sp³-hybridized carbons (Fsp3) is 0.308. The number of carbonyl (C=O) groups excluding carboxylic acids is 2. The van der Waals surface area contributed by atoms with E-state index in [9.17, 15) is 27.6 Å². The molecule has 0 atom stereocenters. The first-order chi connectivity index (χ1) is 11.0. The number of thiol groups is 2. The van der Waals surface area contributed by atoms with Crippen LogP contribution in [0, 0.1) is 0 Å². The zero-order valence-corrected chi connectivity index (χ0v) is 14.6. The maximum Gasteiger partial charge on any atom is 0.446 e. The van der Waals surface area contributed by atoms with E-state index >= 15 is 0 Å². The smallest absolute Gasteiger partial charge is 0.446 e. The lowest BCUT2D eigenvalue weighted by molar-refractivity contribution is -0.136. The third-order valence-corrected chi connectivity index (χ3v) is 2.96. The van der Waals surface area contributed by atoms with Crippen LogP contribution in [-0.2, 0) is 25.5 Å². The number of carboxylic acids is 1. The molecular formula is C13H13F3O5S3. The van der Waals surface area contributed by atoms with E-state index in [4.69, 9.17) is 5.11 Å². The van der Waals surface area contributed by atoms with Crippen molar-refractivity contribution >= 4 is 53.2 Å². The van der Waals surface area contributed by atoms with Crippen LogP contribution >= 0.6 is 37.0 Å². The monoisotopic (exact) mass is 402 g/mol. The Morgan fingerprint density at radius 3 is 1.83 bits per heavy atom. The molecule has 24 heavy (non-hydrogen) atoms. The highest BCUT2D eigenvalue weighted by atomic mass is 32.2. The van der Waals surface area contributed by atoms with E-state index in [0.717, 1.165) is 0 Å². The number of rotatable bonds is 7. The first kappa shape index (κ1) is 22.8. The molecule has 1 N–H and O–H groups in total. The van der Waals surface area contributed by atoms with Gasteiger partial charge < -0.3 is 9.84 Å². The van der Waals surface area contributed by atoms with Gasteiger partial charge in [-0.2, -0.15) is 13.2 Å². The summed E-state index contributed by atoms with van der Waals surface area (Å²) in [5.74, 6) is -1.01. The van der Waals surface area contributed by atoms with Gasteiger partial charge in [0.15, 0.2) is 0 Å². The van der Waals surface area contributed by atoms with Crippen molar-refractivity contribution in [1.82, 2.24) is 0 Å². The molecule has 11 heteroatoms. The van der Waals surface area contributed by atoms with Gasteiger partial charge in [0.1, 0.15) is 13.2 Å². The minimum Gasteiger partial charge on any atom is -0.481 e. The Morgan fingerprint density at radius 1 is 1.04 bits per heavy atom. The molecule has 5 nitrogen and oxygen atoms in total. The third kappa shape index (κ3) is 14.4. The second kappa shape index (κ2) is 11.4. The van der Waals surface area contributed by atoms with Crippen LogP contribution in [-0.4, -0.2) is 40.0 Å². The van der Waals surface area contributed by atoms with E-state index in [-0.39, 0.29) is 36.3 Å². The fourth-order valence-electron chi connectivity index (χ4n) is 1.21. The average molecular weight is 402 g/mol. The van der Waals surface area contributed by atoms with Crippen molar-refractivity contribution in [2.45, 2.75) is 16.8 Å². The lowest BCUT2D eigenvalue weighted by Crippen LogP contribution is -2.07. The van der Waals surface area contributed by atoms with E-state index in [2.05, 4.69) is 30.0 Å². The van der Waals surface area contributed by atoms with Crippen molar-refractivity contribution in [1.29, 1.82) is 0 Å². The molecular weight excluding hydrogens is 389 g/mol. The summed E-state index contributed by atoms with van der Waals surface area (Å²) in [6.07, 6.45) is -0.184. The van der Waals surface area contributed by atoms with Crippen LogP contribution in [0.1, 0.15) is 5.56 Å². The second-order valence-corrected chi connectivity index (χ2v) is 6.18. The van der Waals surface area contributed by atoms with Crippen LogP contribution < -0.4 is 0 Å². The Labute approximate surface area is 150 Å². The predicted octanol–water partition coefficient (Wildman–Crippen LogP) is 2.84. The summed E-state index contributed by atoms with van der Waals surface area (Å²) in [5, 5.41) is 7.64. The summed E-state index contributed by atoms with van der Waals surface area (Å²) in [7, 11) is 0. The van der Waals surface area contributed by atoms with Crippen molar-refractivity contribution in [3.05, 3.63) is 29.8 Å². The van der Waals surface area contributed by atoms with Crippen molar-refractivity contribution < 1.29 is 37.4 Å². The SMILES string of the molecule is O=C(O)Cc1ccc(SC(F)(F)F)cc1.O=C(S)COCC(=O)S. The summed E-state index contributed by atoms with van der Waals surface area (Å²) in [5.41, 5.74) is -3.83. The number of hydrogen-bond acceptors (Lipinski definition) is 5. The summed E-state index contributed by atoms with van der Waals surface area (Å²) < 4.78 is 40.3. The fourth-order valence-corrected chi connectivity index (χ4v) is 1.93. The van der Waals surface area contributed by atoms with Gasteiger partial charge in [-0.05, 0) is 29.5 Å². The van der Waals surface area contributed by atoms with Gasteiger partial charge in [-0.25, -0.2) is 0 Å². The molecule has 1 rings (SSSR count). The van der Waals surface area contributed by atoms with Crippen molar-refractivity contribution in [2.24, 2.45) is 0 Å². The number of halogens is 3. The number of aliphatic carboxylic acids is 1. The van der Waals surface area contributed by atoms with Gasteiger partial charge in [-0.15, -0.1) is 25.3 Å². The molecule has 0 spiro atoms. The molecule has 134 valence electrons. The van der Waals surface area contributed by atoms with Crippen LogP contribution in [0.25, 0.3) is 0 Å². The first-order valence-corrected chi connectivity index (χ1v) is 7.78. The minimum absolute atomic E-state index is 0.0524. The van der Waals surface area contributed by atoms with Gasteiger partial charge >= 0.3 is 11.5 Å². The zero-order chi connectivity index (χ0) is 18.8. The second-order valence-electron chi connectivity index (χ2n) is 4.04. The van der Waals surface area contributed by atoms with E-state index < -0.39 is 21.7 Å². The van der Waals surface area contributed by atoms with E-state index in [1.165, 1.54) is 24.3 Å². The molecule has 0 bridgehead atoms. The van der Waals surface area contributed by atoms with Gasteiger partial charge in [-0.3, -0.25) is 14.4 Å². The predicted molar refractivity (Wildman–Crippen MR) is 88.5 cm³/mol. The summed E-state index contributed by atoms with van der Waals surface area (Å²) in [4.78, 5) is 30.4. The Balaban J connectivity index is 0.000000506. The molecule has 0 aromatic heterocycles. The Morgan fingerprint density at radius 2 is 1.50 bits per heavy atom. The third-order valence-electron chi connectivity index (χ3n) is 1.96. The standard InChI is InChI=1S/C9H7F3O2S.C4H6O3S2/c10-9(11,12)15-7-3-1-6(2-4-7)5-8(13)14;5-3(8)1-7-2-4(6)9/h1-4H,5H2,(H,13,14);1-2H2,(H,5,8)(H,6,9). The van der Waals surface area contributed by atoms with E-state index in [1.54, 1.807) is 0 Å². The number of thioether (sulfide) groups is 1. The largest absolute Gasteiger partial charge is 0.481 e. The molecule has 0 radical (unpaired) electrons. The van der Waals surface area contributed by atoms with Gasteiger partial charge in [0, 0.05) is 4.90 Å². The van der Waals surface area contributed by atoms with Gasteiger partial charge in [0.2, 0.25) is 10.2 Å². The van der Waals surface area contributed by atoms with Crippen LogP contribution in [0.2, 0.25) is 0 Å². The normalized spacial score (nSPS) is 10.5. The Bertz CT molecular complexity index is 547. The van der Waals surface area contributed by atoms with Gasteiger partial charge in [-0.1, -0.05) is 12.1 Å². The number of hydrogen-bond donors (Lipinski definition) is 3. The molecule has 0 amide bonds. The molecule has 0 heterocycles. The maximum absolute atomic E-state index is 11.9. The lowest BCUT2D eigenvalue weighted by Gasteiger charge is -2.05. The number of carbonyl (C=O) groups is 3. The quantitative estimate of drug-likeness (QED) is 0.481. The van der Waals surface area contributed by atoms with E-state index in [1.807, 2.05) is 0 Å². The molecule has 0 fully saturated rings. The van der Waals surface area contributed by atoms with Gasteiger partial charge in [0.25, 0.3) is 0 Å². The molecule has 1 aromatic carbocycles. The highest BCUT2D eigenvalue weighted by molar-refractivity contribution is 8.00. The van der Waals surface area contributed by atoms with E-state index in [0.29, 0.717) is 5.56 Å².